The maximum absolute atomic E-state index is 13.0. The van der Waals surface area contributed by atoms with E-state index in [9.17, 15) is 9.18 Å². The molecule has 1 rings (SSSR count). The average Bonchev–Trinajstić information content (AvgIpc) is 2.15. The van der Waals surface area contributed by atoms with Crippen LogP contribution in [0, 0.1) is 5.82 Å². The summed E-state index contributed by atoms with van der Waals surface area (Å²) in [4.78, 5) is 11.3. The van der Waals surface area contributed by atoms with E-state index < -0.39 is 17.8 Å². The Bertz CT molecular complexity index is 326. The van der Waals surface area contributed by atoms with Gasteiger partial charge in [0.15, 0.2) is 0 Å². The number of benzene rings is 1. The van der Waals surface area contributed by atoms with Gasteiger partial charge in [0, 0.05) is 6.54 Å². The molecule has 0 unspecified atom stereocenters. The molecule has 14 heavy (non-hydrogen) atoms. The van der Waals surface area contributed by atoms with Gasteiger partial charge in [-0.3, -0.25) is 4.79 Å². The van der Waals surface area contributed by atoms with Crippen LogP contribution in [0.25, 0.3) is 0 Å². The van der Waals surface area contributed by atoms with Crippen molar-refractivity contribution in [2.24, 2.45) is 0 Å². The van der Waals surface area contributed by atoms with E-state index in [0.717, 1.165) is 0 Å². The molecule has 76 valence electrons. The Labute approximate surface area is 81.6 Å². The molecule has 2 N–H and O–H groups in total. The van der Waals surface area contributed by atoms with Crippen molar-refractivity contribution in [3.63, 3.8) is 0 Å². The highest BCUT2D eigenvalue weighted by molar-refractivity contribution is 5.94. The lowest BCUT2D eigenvalue weighted by Gasteiger charge is -2.07. The van der Waals surface area contributed by atoms with Crippen LogP contribution in [0.2, 0.25) is 0 Å². The van der Waals surface area contributed by atoms with Crippen molar-refractivity contribution in [3.8, 4) is 0 Å². The lowest BCUT2D eigenvalue weighted by atomic mass is 10.2. The molecule has 0 saturated carbocycles. The summed E-state index contributed by atoms with van der Waals surface area (Å²) >= 11 is 0. The molecule has 0 aromatic heterocycles. The van der Waals surface area contributed by atoms with Gasteiger partial charge in [0.1, 0.15) is 5.82 Å². The van der Waals surface area contributed by atoms with E-state index in [4.69, 9.17) is 5.11 Å². The Hall–Kier alpha value is -1.42. The monoisotopic (exact) mass is 197 g/mol. The number of aliphatic hydroxyl groups excluding tert-OH is 1. The summed E-state index contributed by atoms with van der Waals surface area (Å²) in [5.74, 6) is -1.07. The Morgan fingerprint density at radius 1 is 1.57 bits per heavy atom. The molecule has 3 nitrogen and oxygen atoms in total. The van der Waals surface area contributed by atoms with E-state index in [-0.39, 0.29) is 12.1 Å². The smallest absolute Gasteiger partial charge is 0.254 e. The summed E-state index contributed by atoms with van der Waals surface area (Å²) < 4.78 is 13.0. The predicted octanol–water partition coefficient (Wildman–Crippen LogP) is 0.936. The molecular weight excluding hydrogens is 185 g/mol. The zero-order chi connectivity index (χ0) is 10.6. The van der Waals surface area contributed by atoms with Gasteiger partial charge in [0.05, 0.1) is 11.7 Å². The molecule has 0 bridgehead atoms. The van der Waals surface area contributed by atoms with Gasteiger partial charge in [-0.1, -0.05) is 12.1 Å². The minimum Gasteiger partial charge on any atom is -0.392 e. The number of halogens is 1. The van der Waals surface area contributed by atoms with Gasteiger partial charge < -0.3 is 10.4 Å². The van der Waals surface area contributed by atoms with Crippen LogP contribution in [-0.2, 0) is 0 Å². The van der Waals surface area contributed by atoms with Crippen molar-refractivity contribution in [1.82, 2.24) is 5.32 Å². The lowest BCUT2D eigenvalue weighted by molar-refractivity contribution is 0.0920. The summed E-state index contributed by atoms with van der Waals surface area (Å²) in [6.45, 7) is 1.66. The van der Waals surface area contributed by atoms with Gasteiger partial charge in [-0.15, -0.1) is 0 Å². The van der Waals surface area contributed by atoms with Crippen molar-refractivity contribution < 1.29 is 14.3 Å². The zero-order valence-electron chi connectivity index (χ0n) is 7.83. The van der Waals surface area contributed by atoms with E-state index in [1.165, 1.54) is 18.2 Å². The Morgan fingerprint density at radius 2 is 2.21 bits per heavy atom. The Morgan fingerprint density at radius 3 is 2.79 bits per heavy atom. The van der Waals surface area contributed by atoms with Crippen LogP contribution in [0.15, 0.2) is 24.3 Å². The first-order valence-electron chi connectivity index (χ1n) is 4.32. The number of hydrogen-bond donors (Lipinski definition) is 2. The summed E-state index contributed by atoms with van der Waals surface area (Å²) in [7, 11) is 0. The van der Waals surface area contributed by atoms with Crippen LogP contribution in [0.5, 0.6) is 0 Å². The zero-order valence-corrected chi connectivity index (χ0v) is 7.83. The quantitative estimate of drug-likeness (QED) is 0.757. The van der Waals surface area contributed by atoms with E-state index in [0.29, 0.717) is 0 Å². The SMILES string of the molecule is C[C@@H](O)CNC(=O)c1ccccc1F. The Kier molecular flexibility index (Phi) is 3.59. The van der Waals surface area contributed by atoms with Crippen LogP contribution in [0.4, 0.5) is 4.39 Å². The van der Waals surface area contributed by atoms with Crippen molar-refractivity contribution in [3.05, 3.63) is 35.6 Å². The highest BCUT2D eigenvalue weighted by Crippen LogP contribution is 2.05. The highest BCUT2D eigenvalue weighted by atomic mass is 19.1. The fraction of sp³-hybridized carbons (Fsp3) is 0.300. The van der Waals surface area contributed by atoms with Gasteiger partial charge >= 0.3 is 0 Å². The third kappa shape index (κ3) is 2.81. The van der Waals surface area contributed by atoms with Gasteiger partial charge in [-0.25, -0.2) is 4.39 Å². The maximum atomic E-state index is 13.0. The molecule has 0 spiro atoms. The molecule has 0 aliphatic rings. The second kappa shape index (κ2) is 4.72. The number of hydrogen-bond acceptors (Lipinski definition) is 2. The fourth-order valence-electron chi connectivity index (χ4n) is 0.981. The molecule has 0 heterocycles. The standard InChI is InChI=1S/C10H12FNO2/c1-7(13)6-12-10(14)8-4-2-3-5-9(8)11/h2-5,7,13H,6H2,1H3,(H,12,14)/t7-/m1/s1. The molecule has 4 heteroatoms. The van der Waals surface area contributed by atoms with Crippen LogP contribution < -0.4 is 5.32 Å². The van der Waals surface area contributed by atoms with Gasteiger partial charge in [0.2, 0.25) is 0 Å². The molecule has 0 fully saturated rings. The molecule has 0 saturated heterocycles. The predicted molar refractivity (Wildman–Crippen MR) is 50.4 cm³/mol. The van der Waals surface area contributed by atoms with Crippen molar-refractivity contribution in [2.75, 3.05) is 6.54 Å². The average molecular weight is 197 g/mol. The van der Waals surface area contributed by atoms with Gasteiger partial charge in [-0.05, 0) is 19.1 Å². The molecule has 0 aliphatic carbocycles. The summed E-state index contributed by atoms with van der Waals surface area (Å²) in [5.41, 5.74) is -0.00634. The number of nitrogens with one attached hydrogen (secondary N) is 1. The van der Waals surface area contributed by atoms with Crippen molar-refractivity contribution in [2.45, 2.75) is 13.0 Å². The third-order valence-corrected chi connectivity index (χ3v) is 1.68. The van der Waals surface area contributed by atoms with Gasteiger partial charge in [0.25, 0.3) is 5.91 Å². The second-order valence-corrected chi connectivity index (χ2v) is 3.04. The van der Waals surface area contributed by atoms with Crippen molar-refractivity contribution in [1.29, 1.82) is 0 Å². The topological polar surface area (TPSA) is 49.3 Å². The first-order chi connectivity index (χ1) is 6.61. The second-order valence-electron chi connectivity index (χ2n) is 3.04. The first kappa shape index (κ1) is 10.7. The third-order valence-electron chi connectivity index (χ3n) is 1.68. The molecule has 0 radical (unpaired) electrons. The molecule has 1 atom stereocenters. The Balaban J connectivity index is 2.65. The molecule has 1 aromatic carbocycles. The maximum Gasteiger partial charge on any atom is 0.254 e. The van der Waals surface area contributed by atoms with Gasteiger partial charge in [-0.2, -0.15) is 0 Å². The van der Waals surface area contributed by atoms with Crippen LogP contribution >= 0.6 is 0 Å². The van der Waals surface area contributed by atoms with E-state index in [1.807, 2.05) is 0 Å². The molecule has 1 amide bonds. The van der Waals surface area contributed by atoms with E-state index in [1.54, 1.807) is 13.0 Å². The normalized spacial score (nSPS) is 12.2. The van der Waals surface area contributed by atoms with Crippen LogP contribution in [-0.4, -0.2) is 23.7 Å². The van der Waals surface area contributed by atoms with E-state index >= 15 is 0 Å². The fourth-order valence-corrected chi connectivity index (χ4v) is 0.981. The minimum absolute atomic E-state index is 0.00634. The summed E-state index contributed by atoms with van der Waals surface area (Å²) in [6, 6.07) is 5.71. The number of carbonyl (C=O) groups excluding carboxylic acids is 1. The number of amides is 1. The first-order valence-corrected chi connectivity index (χ1v) is 4.32. The number of aliphatic hydroxyl groups is 1. The van der Waals surface area contributed by atoms with Crippen LogP contribution in [0.1, 0.15) is 17.3 Å². The summed E-state index contributed by atoms with van der Waals surface area (Å²) in [6.07, 6.45) is -0.634. The van der Waals surface area contributed by atoms with E-state index in [2.05, 4.69) is 5.32 Å². The summed E-state index contributed by atoms with van der Waals surface area (Å²) in [5, 5.41) is 11.3. The minimum atomic E-state index is -0.634. The van der Waals surface area contributed by atoms with Crippen LogP contribution in [0.3, 0.4) is 0 Å². The molecular formula is C10H12FNO2. The van der Waals surface area contributed by atoms with Crippen molar-refractivity contribution >= 4 is 5.91 Å². The number of carbonyl (C=O) groups is 1. The lowest BCUT2D eigenvalue weighted by Crippen LogP contribution is -2.31. The molecule has 1 aromatic rings. The molecule has 0 aliphatic heterocycles. The largest absolute Gasteiger partial charge is 0.392 e. The highest BCUT2D eigenvalue weighted by Gasteiger charge is 2.10. The number of rotatable bonds is 3.